The highest BCUT2D eigenvalue weighted by atomic mass is 127. The molecular formula is C31H30I2O4. The quantitative estimate of drug-likeness (QED) is 0.155. The van der Waals surface area contributed by atoms with Crippen LogP contribution in [0.5, 0.6) is 0 Å². The maximum absolute atomic E-state index is 10.4. The molecule has 0 atom stereocenters. The number of rotatable bonds is 8. The van der Waals surface area contributed by atoms with Crippen molar-refractivity contribution >= 4 is 11.9 Å². The summed E-state index contributed by atoms with van der Waals surface area (Å²) in [6, 6.07) is 42.8. The lowest BCUT2D eigenvalue weighted by Crippen LogP contribution is -3.61. The first-order chi connectivity index (χ1) is 17.9. The van der Waals surface area contributed by atoms with Gasteiger partial charge in [-0.1, -0.05) is 86.6 Å². The van der Waals surface area contributed by atoms with Crippen LogP contribution in [0.1, 0.15) is 26.7 Å². The fraction of sp³-hybridized carbons (Fsp3) is 0.161. The Bertz CT molecular complexity index is 1010. The van der Waals surface area contributed by atoms with Crippen molar-refractivity contribution in [3.8, 4) is 0 Å². The summed E-state index contributed by atoms with van der Waals surface area (Å²) in [5.74, 6) is -3.13. The SMILES string of the molecule is CCC(CC)(C(=O)[O-])C(=O)[O-].c1ccc([I+]c2ccccc2)cc1.c1ccc([I+]c2ccccc2)cc1. The summed E-state index contributed by atoms with van der Waals surface area (Å²) >= 11 is 0.0574. The molecule has 4 aromatic carbocycles. The smallest absolute Gasteiger partial charge is 0.357 e. The first-order valence-corrected chi connectivity index (χ1v) is 16.2. The molecule has 192 valence electrons. The van der Waals surface area contributed by atoms with E-state index in [2.05, 4.69) is 121 Å². The minimum Gasteiger partial charge on any atom is -0.549 e. The van der Waals surface area contributed by atoms with Crippen LogP contribution in [0.3, 0.4) is 0 Å². The van der Waals surface area contributed by atoms with Crippen molar-refractivity contribution in [2.24, 2.45) is 5.41 Å². The Morgan fingerprint density at radius 3 is 0.865 bits per heavy atom. The van der Waals surface area contributed by atoms with E-state index in [0.29, 0.717) is 0 Å². The predicted molar refractivity (Wildman–Crippen MR) is 134 cm³/mol. The van der Waals surface area contributed by atoms with E-state index in [4.69, 9.17) is 0 Å². The molecule has 0 saturated heterocycles. The Labute approximate surface area is 240 Å². The van der Waals surface area contributed by atoms with Gasteiger partial charge in [0.05, 0.1) is 11.9 Å². The lowest BCUT2D eigenvalue weighted by molar-refractivity contribution is -0.597. The Hall–Kier alpha value is -2.72. The molecule has 4 rings (SSSR count). The van der Waals surface area contributed by atoms with Gasteiger partial charge in [0.25, 0.3) is 0 Å². The van der Waals surface area contributed by atoms with Gasteiger partial charge in [0.2, 0.25) is 0 Å². The number of halogens is 2. The number of hydrogen-bond donors (Lipinski definition) is 0. The monoisotopic (exact) mass is 720 g/mol. The summed E-state index contributed by atoms with van der Waals surface area (Å²) in [5.41, 5.74) is -1.81. The summed E-state index contributed by atoms with van der Waals surface area (Å²) in [6.45, 7) is 2.96. The second kappa shape index (κ2) is 16.9. The van der Waals surface area contributed by atoms with Crippen molar-refractivity contribution in [1.82, 2.24) is 0 Å². The van der Waals surface area contributed by atoms with Gasteiger partial charge < -0.3 is 19.8 Å². The third-order valence-electron chi connectivity index (χ3n) is 5.36. The zero-order chi connectivity index (χ0) is 26.9. The second-order valence-corrected chi connectivity index (χ2v) is 13.8. The van der Waals surface area contributed by atoms with Crippen LogP contribution in [0.4, 0.5) is 0 Å². The molecule has 4 nitrogen and oxygen atoms in total. The average Bonchev–Trinajstić information content (AvgIpc) is 2.92. The molecule has 0 aromatic heterocycles. The number of carbonyl (C=O) groups is 2. The van der Waals surface area contributed by atoms with Crippen LogP contribution in [-0.4, -0.2) is 11.9 Å². The highest BCUT2D eigenvalue weighted by Gasteiger charge is 2.29. The van der Waals surface area contributed by atoms with Gasteiger partial charge in [0.1, 0.15) is 0 Å². The van der Waals surface area contributed by atoms with Crippen LogP contribution in [0.25, 0.3) is 0 Å². The average molecular weight is 720 g/mol. The maximum Gasteiger partial charge on any atom is 0.357 e. The highest BCUT2D eigenvalue weighted by molar-refractivity contribution is 5.95. The van der Waals surface area contributed by atoms with Crippen molar-refractivity contribution in [2.45, 2.75) is 26.7 Å². The van der Waals surface area contributed by atoms with Crippen molar-refractivity contribution < 1.29 is 62.2 Å². The molecular weight excluding hydrogens is 690 g/mol. The van der Waals surface area contributed by atoms with Crippen molar-refractivity contribution in [3.05, 3.63) is 136 Å². The lowest BCUT2D eigenvalue weighted by atomic mass is 9.83. The van der Waals surface area contributed by atoms with Gasteiger partial charge in [-0.05, 0) is 61.4 Å². The Morgan fingerprint density at radius 1 is 0.514 bits per heavy atom. The third-order valence-corrected chi connectivity index (χ3v) is 10.7. The van der Waals surface area contributed by atoms with Gasteiger partial charge in [-0.25, -0.2) is 0 Å². The topological polar surface area (TPSA) is 80.3 Å². The van der Waals surface area contributed by atoms with E-state index in [1.54, 1.807) is 0 Å². The third kappa shape index (κ3) is 10.7. The van der Waals surface area contributed by atoms with E-state index in [-0.39, 0.29) is 55.3 Å². The first kappa shape index (κ1) is 30.5. The van der Waals surface area contributed by atoms with E-state index < -0.39 is 17.4 Å². The number of benzene rings is 4. The second-order valence-electron chi connectivity index (χ2n) is 7.74. The first-order valence-electron chi connectivity index (χ1n) is 11.8. The fourth-order valence-corrected chi connectivity index (χ4v) is 7.61. The molecule has 0 saturated carbocycles. The molecule has 0 bridgehead atoms. The fourth-order valence-electron chi connectivity index (χ4n) is 3.07. The summed E-state index contributed by atoms with van der Waals surface area (Å²) in [6.07, 6.45) is -0.0116. The zero-order valence-corrected chi connectivity index (χ0v) is 25.2. The van der Waals surface area contributed by atoms with Crippen LogP contribution in [0, 0.1) is 19.7 Å². The Morgan fingerprint density at radius 2 is 0.730 bits per heavy atom. The van der Waals surface area contributed by atoms with E-state index in [1.165, 1.54) is 28.1 Å². The molecule has 0 aliphatic heterocycles. The Balaban J connectivity index is 0.000000196. The van der Waals surface area contributed by atoms with E-state index in [9.17, 15) is 19.8 Å². The van der Waals surface area contributed by atoms with E-state index >= 15 is 0 Å². The number of hydrogen-bond acceptors (Lipinski definition) is 4. The van der Waals surface area contributed by atoms with Gasteiger partial charge >= 0.3 is 42.4 Å². The standard InChI is InChI=1S/2C12H10I.C7H12O4/c2*1-3-7-11(8-4-1)13-12-9-5-2-6-10-12;1-3-7(4-2,5(8)9)6(10)11/h2*1-10H;3-4H2,1-2H3,(H,8,9)(H,10,11)/q2*+1;/p-2. The van der Waals surface area contributed by atoms with Gasteiger partial charge in [-0.2, -0.15) is 0 Å². The molecule has 0 unspecified atom stereocenters. The van der Waals surface area contributed by atoms with Gasteiger partial charge in [-0.15, -0.1) is 0 Å². The van der Waals surface area contributed by atoms with Gasteiger partial charge in [-0.3, -0.25) is 0 Å². The molecule has 0 aliphatic rings. The van der Waals surface area contributed by atoms with Crippen LogP contribution < -0.4 is 52.6 Å². The van der Waals surface area contributed by atoms with Gasteiger partial charge in [0.15, 0.2) is 14.3 Å². The van der Waals surface area contributed by atoms with E-state index in [0.717, 1.165) is 0 Å². The minimum absolute atomic E-state index is 0.00579. The summed E-state index contributed by atoms with van der Waals surface area (Å²) in [4.78, 5) is 20.8. The van der Waals surface area contributed by atoms with E-state index in [1.807, 2.05) is 0 Å². The predicted octanol–water partition coefficient (Wildman–Crippen LogP) is -2.08. The van der Waals surface area contributed by atoms with Crippen LogP contribution >= 0.6 is 0 Å². The zero-order valence-electron chi connectivity index (χ0n) is 20.9. The molecule has 0 radical (unpaired) electrons. The molecule has 0 spiro atoms. The van der Waals surface area contributed by atoms with Crippen LogP contribution in [0.15, 0.2) is 121 Å². The summed E-state index contributed by atoms with van der Waals surface area (Å²) in [5, 5.41) is 20.8. The molecule has 0 aliphatic carbocycles. The number of carboxylic acid groups (broad SMARTS) is 2. The normalized spacial score (nSPS) is 10.2. The van der Waals surface area contributed by atoms with Crippen LogP contribution in [0.2, 0.25) is 0 Å². The number of carbonyl (C=O) groups excluding carboxylic acids is 2. The number of carboxylic acids is 2. The minimum atomic E-state index is -1.81. The Kier molecular flexibility index (Phi) is 13.9. The molecule has 4 aromatic rings. The summed E-state index contributed by atoms with van der Waals surface area (Å²) in [7, 11) is 0. The molecule has 0 amide bonds. The highest BCUT2D eigenvalue weighted by Crippen LogP contribution is 2.24. The molecule has 6 heteroatoms. The molecule has 0 heterocycles. The van der Waals surface area contributed by atoms with Gasteiger partial charge in [0, 0.05) is 5.41 Å². The van der Waals surface area contributed by atoms with Crippen molar-refractivity contribution in [2.75, 3.05) is 0 Å². The van der Waals surface area contributed by atoms with Crippen LogP contribution in [-0.2, 0) is 9.59 Å². The summed E-state index contributed by atoms with van der Waals surface area (Å²) < 4.78 is 5.92. The molecule has 0 N–H and O–H groups in total. The maximum atomic E-state index is 10.4. The largest absolute Gasteiger partial charge is 0.549 e. The number of aliphatic carboxylic acids is 2. The van der Waals surface area contributed by atoms with Crippen molar-refractivity contribution in [1.29, 1.82) is 0 Å². The van der Waals surface area contributed by atoms with Crippen molar-refractivity contribution in [3.63, 3.8) is 0 Å². The molecule has 37 heavy (non-hydrogen) atoms. The lowest BCUT2D eigenvalue weighted by Gasteiger charge is -2.33. The molecule has 0 fully saturated rings.